The lowest BCUT2D eigenvalue weighted by molar-refractivity contribution is -0.127. The molecule has 1 fully saturated rings. The van der Waals surface area contributed by atoms with E-state index < -0.39 is 10.0 Å². The minimum Gasteiger partial charge on any atom is -0.497 e. The summed E-state index contributed by atoms with van der Waals surface area (Å²) in [6, 6.07) is 7.54. The summed E-state index contributed by atoms with van der Waals surface area (Å²) in [5.74, 6) is 0.603. The number of nitrogens with zero attached hydrogens (tertiary/aromatic N) is 1. The molecule has 140 valence electrons. The summed E-state index contributed by atoms with van der Waals surface area (Å²) in [6.45, 7) is 4.87. The van der Waals surface area contributed by atoms with Crippen LogP contribution in [0.2, 0.25) is 0 Å². The lowest BCUT2D eigenvalue weighted by Crippen LogP contribution is -2.46. The second kappa shape index (κ2) is 8.19. The van der Waals surface area contributed by atoms with E-state index >= 15 is 0 Å². The average Bonchev–Trinajstić information content (AvgIpc) is 2.58. The fraction of sp³-hybridized carbons (Fsp3) is 0.611. The Kier molecular flexibility index (Phi) is 6.46. The zero-order valence-corrected chi connectivity index (χ0v) is 16.2. The summed E-state index contributed by atoms with van der Waals surface area (Å²) >= 11 is 0. The van der Waals surface area contributed by atoms with Crippen LogP contribution < -0.4 is 10.1 Å². The first-order chi connectivity index (χ1) is 11.7. The maximum absolute atomic E-state index is 12.7. The largest absolute Gasteiger partial charge is 0.497 e. The minimum absolute atomic E-state index is 0.0807. The number of amides is 1. The standard InChI is InChI=1S/C18H28N2O4S/c1-13(2)17(14-7-9-16(24-3)10-8-14)19-18(21)15-6-5-11-20(12-15)25(4,22)23/h7-10,13,15,17H,5-6,11-12H2,1-4H3,(H,19,21). The second-order valence-corrected chi connectivity index (χ2v) is 8.95. The summed E-state index contributed by atoms with van der Waals surface area (Å²) in [5.41, 5.74) is 1.01. The third-order valence-electron chi connectivity index (χ3n) is 4.66. The smallest absolute Gasteiger partial charge is 0.224 e. The number of nitrogens with one attached hydrogen (secondary N) is 1. The predicted molar refractivity (Wildman–Crippen MR) is 97.9 cm³/mol. The van der Waals surface area contributed by atoms with Crippen molar-refractivity contribution in [1.29, 1.82) is 0 Å². The van der Waals surface area contributed by atoms with E-state index in [1.807, 2.05) is 24.3 Å². The lowest BCUT2D eigenvalue weighted by Gasteiger charge is -2.32. The van der Waals surface area contributed by atoms with Crippen molar-refractivity contribution in [2.45, 2.75) is 32.7 Å². The van der Waals surface area contributed by atoms with E-state index in [0.717, 1.165) is 11.3 Å². The summed E-state index contributed by atoms with van der Waals surface area (Å²) < 4.78 is 30.1. The molecule has 0 radical (unpaired) electrons. The number of methoxy groups -OCH3 is 1. The topological polar surface area (TPSA) is 75.7 Å². The van der Waals surface area contributed by atoms with Crippen molar-refractivity contribution in [2.75, 3.05) is 26.5 Å². The highest BCUT2D eigenvalue weighted by Crippen LogP contribution is 2.26. The van der Waals surface area contributed by atoms with Gasteiger partial charge in [0.05, 0.1) is 25.3 Å². The summed E-state index contributed by atoms with van der Waals surface area (Å²) in [4.78, 5) is 12.7. The molecule has 0 saturated carbocycles. The van der Waals surface area contributed by atoms with Gasteiger partial charge in [0.2, 0.25) is 15.9 Å². The molecule has 1 amide bonds. The van der Waals surface area contributed by atoms with Gasteiger partial charge in [-0.05, 0) is 36.5 Å². The molecule has 2 unspecified atom stereocenters. The maximum Gasteiger partial charge on any atom is 0.224 e. The van der Waals surface area contributed by atoms with Crippen LogP contribution in [-0.4, -0.2) is 45.1 Å². The van der Waals surface area contributed by atoms with Crippen LogP contribution in [-0.2, 0) is 14.8 Å². The molecule has 0 aromatic heterocycles. The van der Waals surface area contributed by atoms with Gasteiger partial charge in [-0.25, -0.2) is 12.7 Å². The van der Waals surface area contributed by atoms with E-state index in [4.69, 9.17) is 4.74 Å². The number of sulfonamides is 1. The average molecular weight is 368 g/mol. The van der Waals surface area contributed by atoms with Crippen molar-refractivity contribution in [2.24, 2.45) is 11.8 Å². The number of ether oxygens (including phenoxy) is 1. The zero-order valence-electron chi connectivity index (χ0n) is 15.4. The van der Waals surface area contributed by atoms with Gasteiger partial charge in [-0.1, -0.05) is 26.0 Å². The van der Waals surface area contributed by atoms with Crippen LogP contribution in [0.15, 0.2) is 24.3 Å². The van der Waals surface area contributed by atoms with Crippen LogP contribution in [0, 0.1) is 11.8 Å². The first-order valence-corrected chi connectivity index (χ1v) is 10.5. The molecular formula is C18H28N2O4S. The number of hydrogen-bond acceptors (Lipinski definition) is 4. The normalized spacial score (nSPS) is 20.3. The second-order valence-electron chi connectivity index (χ2n) is 6.96. The van der Waals surface area contributed by atoms with Crippen LogP contribution in [0.5, 0.6) is 5.75 Å². The van der Waals surface area contributed by atoms with Gasteiger partial charge in [0.25, 0.3) is 0 Å². The summed E-state index contributed by atoms with van der Waals surface area (Å²) in [6.07, 6.45) is 2.62. The summed E-state index contributed by atoms with van der Waals surface area (Å²) in [5, 5.41) is 3.11. The Morgan fingerprint density at radius 3 is 2.44 bits per heavy atom. The quantitative estimate of drug-likeness (QED) is 0.835. The Balaban J connectivity index is 2.09. The molecular weight excluding hydrogens is 340 g/mol. The number of benzene rings is 1. The fourth-order valence-electron chi connectivity index (χ4n) is 3.17. The van der Waals surface area contributed by atoms with E-state index in [0.29, 0.717) is 19.4 Å². The molecule has 1 heterocycles. The molecule has 1 aromatic rings. The third kappa shape index (κ3) is 5.19. The monoisotopic (exact) mass is 368 g/mol. The molecule has 0 aliphatic carbocycles. The molecule has 0 spiro atoms. The highest BCUT2D eigenvalue weighted by molar-refractivity contribution is 7.88. The third-order valence-corrected chi connectivity index (χ3v) is 5.93. The lowest BCUT2D eigenvalue weighted by atomic mass is 9.93. The molecule has 1 aliphatic rings. The SMILES string of the molecule is COc1ccc(C(NC(=O)C2CCCN(S(C)(=O)=O)C2)C(C)C)cc1. The van der Waals surface area contributed by atoms with Crippen molar-refractivity contribution in [3.63, 3.8) is 0 Å². The molecule has 2 rings (SSSR count). The Bertz CT molecular complexity index is 686. The minimum atomic E-state index is -3.26. The number of carbonyl (C=O) groups excluding carboxylic acids is 1. The van der Waals surface area contributed by atoms with Crippen molar-refractivity contribution in [3.05, 3.63) is 29.8 Å². The molecule has 1 N–H and O–H groups in total. The molecule has 2 atom stereocenters. The highest BCUT2D eigenvalue weighted by Gasteiger charge is 2.31. The van der Waals surface area contributed by atoms with Gasteiger partial charge in [0.15, 0.2) is 0 Å². The molecule has 7 heteroatoms. The van der Waals surface area contributed by atoms with Crippen LogP contribution in [0.4, 0.5) is 0 Å². The van der Waals surface area contributed by atoms with Crippen LogP contribution in [0.1, 0.15) is 38.3 Å². The fourth-order valence-corrected chi connectivity index (χ4v) is 4.09. The predicted octanol–water partition coefficient (Wildman–Crippen LogP) is 2.18. The number of hydrogen-bond donors (Lipinski definition) is 1. The van der Waals surface area contributed by atoms with Crippen LogP contribution >= 0.6 is 0 Å². The van der Waals surface area contributed by atoms with Crippen molar-refractivity contribution in [1.82, 2.24) is 9.62 Å². The van der Waals surface area contributed by atoms with E-state index in [-0.39, 0.29) is 30.3 Å². The number of piperidine rings is 1. The molecule has 6 nitrogen and oxygen atoms in total. The molecule has 1 saturated heterocycles. The number of rotatable bonds is 6. The van der Waals surface area contributed by atoms with Crippen LogP contribution in [0.3, 0.4) is 0 Å². The van der Waals surface area contributed by atoms with Gasteiger partial charge in [0.1, 0.15) is 5.75 Å². The first kappa shape index (κ1) is 19.7. The molecule has 1 aliphatic heterocycles. The highest BCUT2D eigenvalue weighted by atomic mass is 32.2. The Labute approximate surface area is 150 Å². The zero-order chi connectivity index (χ0) is 18.6. The molecule has 0 bridgehead atoms. The van der Waals surface area contributed by atoms with Crippen molar-refractivity contribution in [3.8, 4) is 5.75 Å². The van der Waals surface area contributed by atoms with Gasteiger partial charge in [-0.2, -0.15) is 0 Å². The van der Waals surface area contributed by atoms with E-state index in [9.17, 15) is 13.2 Å². The van der Waals surface area contributed by atoms with Crippen molar-refractivity contribution >= 4 is 15.9 Å². The van der Waals surface area contributed by atoms with E-state index in [1.54, 1.807) is 7.11 Å². The van der Waals surface area contributed by atoms with Gasteiger partial charge in [0, 0.05) is 13.1 Å². The van der Waals surface area contributed by atoms with Gasteiger partial charge in [-0.3, -0.25) is 4.79 Å². The van der Waals surface area contributed by atoms with Crippen molar-refractivity contribution < 1.29 is 17.9 Å². The molecule has 25 heavy (non-hydrogen) atoms. The Morgan fingerprint density at radius 1 is 1.28 bits per heavy atom. The molecule has 1 aromatic carbocycles. The first-order valence-electron chi connectivity index (χ1n) is 8.62. The van der Waals surface area contributed by atoms with E-state index in [1.165, 1.54) is 10.6 Å². The number of carbonyl (C=O) groups is 1. The summed E-state index contributed by atoms with van der Waals surface area (Å²) in [7, 11) is -1.64. The van der Waals surface area contributed by atoms with E-state index in [2.05, 4.69) is 19.2 Å². The Morgan fingerprint density at radius 2 is 1.92 bits per heavy atom. The van der Waals surface area contributed by atoms with Gasteiger partial charge >= 0.3 is 0 Å². The van der Waals surface area contributed by atoms with Gasteiger partial charge < -0.3 is 10.1 Å². The maximum atomic E-state index is 12.7. The Hall–Kier alpha value is -1.60. The van der Waals surface area contributed by atoms with Gasteiger partial charge in [-0.15, -0.1) is 0 Å². The van der Waals surface area contributed by atoms with Crippen LogP contribution in [0.25, 0.3) is 0 Å².